The SMILES string of the molecule is CC(C(=O)NCc1ccccc1Cl)N1C(=O)C2CCCCC2C1=O. The van der Waals surface area contributed by atoms with E-state index in [1.54, 1.807) is 13.0 Å². The van der Waals surface area contributed by atoms with Gasteiger partial charge in [-0.25, -0.2) is 0 Å². The third kappa shape index (κ3) is 3.05. The molecule has 6 heteroatoms. The molecular formula is C18H21ClN2O3. The van der Waals surface area contributed by atoms with Crippen molar-refractivity contribution in [1.29, 1.82) is 0 Å². The minimum Gasteiger partial charge on any atom is -0.350 e. The average molecular weight is 349 g/mol. The van der Waals surface area contributed by atoms with E-state index < -0.39 is 6.04 Å². The monoisotopic (exact) mass is 348 g/mol. The van der Waals surface area contributed by atoms with Crippen LogP contribution in [0.3, 0.4) is 0 Å². The number of imide groups is 1. The molecule has 0 aromatic heterocycles. The van der Waals surface area contributed by atoms with E-state index in [-0.39, 0.29) is 36.1 Å². The van der Waals surface area contributed by atoms with Crippen LogP contribution in [0.15, 0.2) is 24.3 Å². The Hall–Kier alpha value is -1.88. The van der Waals surface area contributed by atoms with Gasteiger partial charge in [-0.3, -0.25) is 19.3 Å². The molecule has 1 aromatic rings. The van der Waals surface area contributed by atoms with E-state index in [1.807, 2.05) is 18.2 Å². The quantitative estimate of drug-likeness (QED) is 0.850. The Kier molecular flexibility index (Phi) is 4.90. The normalized spacial score (nSPS) is 24.7. The van der Waals surface area contributed by atoms with Gasteiger partial charge in [0.25, 0.3) is 0 Å². The molecule has 1 saturated heterocycles. The van der Waals surface area contributed by atoms with Crippen molar-refractivity contribution in [3.8, 4) is 0 Å². The third-order valence-corrected chi connectivity index (χ3v) is 5.42. The number of hydrogen-bond acceptors (Lipinski definition) is 3. The van der Waals surface area contributed by atoms with Crippen LogP contribution in [0.25, 0.3) is 0 Å². The minimum atomic E-state index is -0.793. The summed E-state index contributed by atoms with van der Waals surface area (Å²) in [5.74, 6) is -1.18. The number of nitrogens with one attached hydrogen (secondary N) is 1. The number of carbonyl (C=O) groups is 3. The van der Waals surface area contributed by atoms with Crippen LogP contribution in [-0.4, -0.2) is 28.7 Å². The number of nitrogens with zero attached hydrogens (tertiary/aromatic N) is 1. The Morgan fingerprint density at radius 3 is 2.38 bits per heavy atom. The summed E-state index contributed by atoms with van der Waals surface area (Å²) >= 11 is 6.07. The molecular weight excluding hydrogens is 328 g/mol. The van der Waals surface area contributed by atoms with Crippen LogP contribution in [0.5, 0.6) is 0 Å². The van der Waals surface area contributed by atoms with Crippen LogP contribution in [0.2, 0.25) is 5.02 Å². The topological polar surface area (TPSA) is 66.5 Å². The van der Waals surface area contributed by atoms with Gasteiger partial charge in [0.2, 0.25) is 17.7 Å². The molecule has 3 unspecified atom stereocenters. The highest BCUT2D eigenvalue weighted by atomic mass is 35.5. The van der Waals surface area contributed by atoms with Crippen molar-refractivity contribution in [3.05, 3.63) is 34.9 Å². The Labute approximate surface area is 146 Å². The van der Waals surface area contributed by atoms with Gasteiger partial charge in [-0.05, 0) is 31.4 Å². The lowest BCUT2D eigenvalue weighted by atomic mass is 9.81. The number of amides is 3. The van der Waals surface area contributed by atoms with E-state index in [0.717, 1.165) is 31.2 Å². The Morgan fingerprint density at radius 2 is 1.79 bits per heavy atom. The van der Waals surface area contributed by atoms with E-state index in [4.69, 9.17) is 11.6 Å². The van der Waals surface area contributed by atoms with Crippen molar-refractivity contribution < 1.29 is 14.4 Å². The number of likely N-dealkylation sites (tertiary alicyclic amines) is 1. The lowest BCUT2D eigenvalue weighted by Crippen LogP contribution is -2.48. The molecule has 3 atom stereocenters. The molecule has 1 aromatic carbocycles. The summed E-state index contributed by atoms with van der Waals surface area (Å²) in [7, 11) is 0. The van der Waals surface area contributed by atoms with Gasteiger partial charge >= 0.3 is 0 Å². The molecule has 2 fully saturated rings. The predicted octanol–water partition coefficient (Wildman–Crippen LogP) is 2.52. The molecule has 5 nitrogen and oxygen atoms in total. The predicted molar refractivity (Wildman–Crippen MR) is 90.1 cm³/mol. The molecule has 3 amide bonds. The van der Waals surface area contributed by atoms with E-state index in [0.29, 0.717) is 5.02 Å². The molecule has 2 aliphatic rings. The molecule has 3 rings (SSSR count). The van der Waals surface area contributed by atoms with E-state index in [1.165, 1.54) is 4.90 Å². The average Bonchev–Trinajstić information content (AvgIpc) is 2.85. The van der Waals surface area contributed by atoms with Crippen LogP contribution in [-0.2, 0) is 20.9 Å². The second-order valence-electron chi connectivity index (χ2n) is 6.53. The third-order valence-electron chi connectivity index (χ3n) is 5.05. The largest absolute Gasteiger partial charge is 0.350 e. The van der Waals surface area contributed by atoms with Gasteiger partial charge in [0.05, 0.1) is 11.8 Å². The standard InChI is InChI=1S/C18H21ClN2O3/c1-11(16(22)20-10-12-6-2-5-9-15(12)19)21-17(23)13-7-3-4-8-14(13)18(21)24/h2,5-6,9,11,13-14H,3-4,7-8,10H2,1H3,(H,20,22). The smallest absolute Gasteiger partial charge is 0.243 e. The maximum atomic E-state index is 12.5. The van der Waals surface area contributed by atoms with E-state index in [9.17, 15) is 14.4 Å². The maximum Gasteiger partial charge on any atom is 0.243 e. The molecule has 1 aliphatic heterocycles. The molecule has 128 valence electrons. The van der Waals surface area contributed by atoms with Crippen molar-refractivity contribution in [2.24, 2.45) is 11.8 Å². The fraction of sp³-hybridized carbons (Fsp3) is 0.500. The first-order valence-electron chi connectivity index (χ1n) is 8.38. The summed E-state index contributed by atoms with van der Waals surface area (Å²) in [5.41, 5.74) is 0.799. The highest BCUT2D eigenvalue weighted by Gasteiger charge is 2.50. The van der Waals surface area contributed by atoms with Crippen molar-refractivity contribution in [3.63, 3.8) is 0 Å². The van der Waals surface area contributed by atoms with Gasteiger partial charge in [-0.1, -0.05) is 42.6 Å². The highest BCUT2D eigenvalue weighted by molar-refractivity contribution is 6.31. The number of halogens is 1. The molecule has 24 heavy (non-hydrogen) atoms. The number of benzene rings is 1. The fourth-order valence-corrected chi connectivity index (χ4v) is 3.86. The van der Waals surface area contributed by atoms with Crippen molar-refractivity contribution in [2.75, 3.05) is 0 Å². The summed E-state index contributed by atoms with van der Waals surface area (Å²) in [5, 5.41) is 3.34. The van der Waals surface area contributed by atoms with Gasteiger partial charge in [0.15, 0.2) is 0 Å². The van der Waals surface area contributed by atoms with Crippen LogP contribution < -0.4 is 5.32 Å². The van der Waals surface area contributed by atoms with Gasteiger partial charge in [0.1, 0.15) is 6.04 Å². The Bertz CT molecular complexity index is 652. The first kappa shape index (κ1) is 17.0. The number of rotatable bonds is 4. The zero-order valence-electron chi connectivity index (χ0n) is 13.6. The van der Waals surface area contributed by atoms with Crippen LogP contribution in [0.4, 0.5) is 0 Å². The molecule has 1 N–H and O–H groups in total. The highest BCUT2D eigenvalue weighted by Crippen LogP contribution is 2.38. The number of hydrogen-bond donors (Lipinski definition) is 1. The molecule has 1 heterocycles. The summed E-state index contributed by atoms with van der Waals surface area (Å²) in [4.78, 5) is 38.6. The second-order valence-corrected chi connectivity index (χ2v) is 6.94. The summed E-state index contributed by atoms with van der Waals surface area (Å²) in [6.07, 6.45) is 3.45. The van der Waals surface area contributed by atoms with Gasteiger partial charge in [-0.2, -0.15) is 0 Å². The molecule has 1 saturated carbocycles. The number of fused-ring (bicyclic) bond motifs is 1. The Balaban J connectivity index is 1.66. The van der Waals surface area contributed by atoms with E-state index >= 15 is 0 Å². The lowest BCUT2D eigenvalue weighted by molar-refractivity contribution is -0.147. The van der Waals surface area contributed by atoms with Crippen molar-refractivity contribution >= 4 is 29.3 Å². The van der Waals surface area contributed by atoms with Crippen LogP contribution in [0.1, 0.15) is 38.2 Å². The van der Waals surface area contributed by atoms with Gasteiger partial charge in [-0.15, -0.1) is 0 Å². The maximum absolute atomic E-state index is 12.5. The van der Waals surface area contributed by atoms with Crippen LogP contribution in [0, 0.1) is 11.8 Å². The first-order chi connectivity index (χ1) is 11.5. The van der Waals surface area contributed by atoms with Gasteiger partial charge < -0.3 is 5.32 Å². The minimum absolute atomic E-state index is 0.190. The van der Waals surface area contributed by atoms with Crippen molar-refractivity contribution in [2.45, 2.75) is 45.2 Å². The van der Waals surface area contributed by atoms with E-state index in [2.05, 4.69) is 5.32 Å². The summed E-state index contributed by atoms with van der Waals surface area (Å²) < 4.78 is 0. The fourth-order valence-electron chi connectivity index (χ4n) is 3.66. The molecule has 0 spiro atoms. The van der Waals surface area contributed by atoms with Crippen LogP contribution >= 0.6 is 11.6 Å². The zero-order valence-corrected chi connectivity index (χ0v) is 14.4. The lowest BCUT2D eigenvalue weighted by Gasteiger charge is -2.22. The zero-order chi connectivity index (χ0) is 17.3. The number of carbonyl (C=O) groups excluding carboxylic acids is 3. The summed E-state index contributed by atoms with van der Waals surface area (Å²) in [6, 6.07) is 6.45. The van der Waals surface area contributed by atoms with Crippen molar-refractivity contribution in [1.82, 2.24) is 10.2 Å². The summed E-state index contributed by atoms with van der Waals surface area (Å²) in [6.45, 7) is 1.88. The second kappa shape index (κ2) is 6.93. The molecule has 0 bridgehead atoms. The molecule has 1 aliphatic carbocycles. The first-order valence-corrected chi connectivity index (χ1v) is 8.76. The molecule has 0 radical (unpaired) electrons. The Morgan fingerprint density at radius 1 is 1.21 bits per heavy atom. The van der Waals surface area contributed by atoms with Gasteiger partial charge in [0, 0.05) is 11.6 Å².